The summed E-state index contributed by atoms with van der Waals surface area (Å²) in [6, 6.07) is 12.9. The molecule has 0 unspecified atom stereocenters. The van der Waals surface area contributed by atoms with E-state index in [1.807, 2.05) is 6.07 Å². The number of benzene rings is 1. The van der Waals surface area contributed by atoms with Gasteiger partial charge >= 0.3 is 0 Å². The normalized spacial score (nSPS) is 19.1. The van der Waals surface area contributed by atoms with Crippen molar-refractivity contribution < 1.29 is 0 Å². The van der Waals surface area contributed by atoms with Gasteiger partial charge < -0.3 is 16.4 Å². The van der Waals surface area contributed by atoms with E-state index in [9.17, 15) is 0 Å². The van der Waals surface area contributed by atoms with Crippen LogP contribution in [-0.4, -0.2) is 32.7 Å². The second-order valence-corrected chi connectivity index (χ2v) is 10.8. The number of pyridine rings is 2. The first-order valence-corrected chi connectivity index (χ1v) is 12.7. The molecular weight excluding hydrogens is 466 g/mol. The van der Waals surface area contributed by atoms with E-state index in [-0.39, 0.29) is 11.5 Å². The fourth-order valence-corrected chi connectivity index (χ4v) is 6.77. The minimum Gasteiger partial charge on any atom is -0.382 e. The Morgan fingerprint density at radius 1 is 1.18 bits per heavy atom. The number of anilines is 2. The zero-order valence-electron chi connectivity index (χ0n) is 18.9. The first-order valence-electron chi connectivity index (χ1n) is 11.5. The minimum absolute atomic E-state index is 0.110. The van der Waals surface area contributed by atoms with Crippen LogP contribution in [0.25, 0.3) is 5.65 Å². The molecule has 1 fully saturated rings. The lowest BCUT2D eigenvalue weighted by Gasteiger charge is -2.43. The summed E-state index contributed by atoms with van der Waals surface area (Å²) in [6.07, 6.45) is 6.66. The average molecular weight is 492 g/mol. The van der Waals surface area contributed by atoms with Crippen molar-refractivity contribution in [2.45, 2.75) is 42.0 Å². The van der Waals surface area contributed by atoms with Crippen LogP contribution in [-0.2, 0) is 6.42 Å². The highest BCUT2D eigenvalue weighted by Gasteiger charge is 2.46. The van der Waals surface area contributed by atoms with Gasteiger partial charge in [-0.3, -0.25) is 4.40 Å². The monoisotopic (exact) mass is 491 g/mol. The van der Waals surface area contributed by atoms with Crippen molar-refractivity contribution in [3.8, 4) is 0 Å². The molecule has 3 aromatic heterocycles. The number of nitrogen functional groups attached to an aromatic ring is 1. The van der Waals surface area contributed by atoms with Crippen molar-refractivity contribution in [1.29, 1.82) is 0 Å². The first kappa shape index (κ1) is 21.7. The van der Waals surface area contributed by atoms with Gasteiger partial charge in [-0.15, -0.1) is 10.2 Å². The van der Waals surface area contributed by atoms with Crippen LogP contribution in [0.4, 0.5) is 11.6 Å². The second kappa shape index (κ2) is 8.15. The molecule has 34 heavy (non-hydrogen) atoms. The Morgan fingerprint density at radius 2 is 1.97 bits per heavy atom. The van der Waals surface area contributed by atoms with Crippen LogP contribution in [0.1, 0.15) is 35.6 Å². The molecule has 0 bridgehead atoms. The van der Waals surface area contributed by atoms with E-state index in [1.54, 1.807) is 24.3 Å². The smallest absolute Gasteiger partial charge is 0.176 e. The molecule has 0 saturated carbocycles. The van der Waals surface area contributed by atoms with Gasteiger partial charge in [0.05, 0.1) is 9.92 Å². The zero-order chi connectivity index (χ0) is 23.4. The second-order valence-electron chi connectivity index (χ2n) is 9.35. The molecule has 4 aromatic rings. The SMILES string of the molecule is Cc1cc(N2CCC3(CC2)Cc2ccccc2[C@H]3N)n2cnnc2c1Sc1ccnc(N)c1Cl. The van der Waals surface area contributed by atoms with Gasteiger partial charge in [0, 0.05) is 30.2 Å². The van der Waals surface area contributed by atoms with Gasteiger partial charge in [-0.25, -0.2) is 4.98 Å². The Morgan fingerprint density at radius 3 is 2.76 bits per heavy atom. The zero-order valence-corrected chi connectivity index (χ0v) is 20.5. The summed E-state index contributed by atoms with van der Waals surface area (Å²) in [5.41, 5.74) is 17.5. The fourth-order valence-electron chi connectivity index (χ4n) is 5.55. The number of fused-ring (bicyclic) bond motifs is 2. The Bertz CT molecular complexity index is 1390. The summed E-state index contributed by atoms with van der Waals surface area (Å²) < 4.78 is 2.08. The van der Waals surface area contributed by atoms with Crippen molar-refractivity contribution in [1.82, 2.24) is 19.6 Å². The van der Waals surface area contributed by atoms with Crippen LogP contribution in [0, 0.1) is 12.3 Å². The van der Waals surface area contributed by atoms with Crippen LogP contribution in [0.3, 0.4) is 0 Å². The summed E-state index contributed by atoms with van der Waals surface area (Å²) in [4.78, 5) is 8.37. The van der Waals surface area contributed by atoms with Crippen molar-refractivity contribution in [2.75, 3.05) is 23.7 Å². The number of nitrogens with two attached hydrogens (primary N) is 2. The standard InChI is InChI=1S/C25H26ClN7S/c1-15-12-19(32-10-7-25(8-11-32)13-16-4-2-3-5-17(16)22(25)27)33-14-30-31-24(33)21(15)34-18-6-9-29-23(28)20(18)26/h2-6,9,12,14,22H,7-8,10-11,13,27H2,1H3,(H2,28,29)/t22-/m1/s1. The van der Waals surface area contributed by atoms with Gasteiger partial charge in [0.15, 0.2) is 5.65 Å². The van der Waals surface area contributed by atoms with E-state index in [1.165, 1.54) is 11.1 Å². The lowest BCUT2D eigenvalue weighted by molar-refractivity contribution is 0.187. The third kappa shape index (κ3) is 3.35. The molecule has 4 N–H and O–H groups in total. The molecular formula is C25H26ClN7S. The van der Waals surface area contributed by atoms with E-state index in [2.05, 4.69) is 61.7 Å². The number of hydrogen-bond acceptors (Lipinski definition) is 7. The highest BCUT2D eigenvalue weighted by atomic mass is 35.5. The molecule has 1 aliphatic carbocycles. The van der Waals surface area contributed by atoms with Crippen molar-refractivity contribution in [3.63, 3.8) is 0 Å². The van der Waals surface area contributed by atoms with Crippen molar-refractivity contribution in [2.24, 2.45) is 11.1 Å². The molecule has 1 saturated heterocycles. The van der Waals surface area contributed by atoms with Gasteiger partial charge in [-0.1, -0.05) is 47.6 Å². The van der Waals surface area contributed by atoms with E-state index >= 15 is 0 Å². The van der Waals surface area contributed by atoms with E-state index < -0.39 is 0 Å². The van der Waals surface area contributed by atoms with Crippen molar-refractivity contribution >= 4 is 40.6 Å². The highest BCUT2D eigenvalue weighted by molar-refractivity contribution is 7.99. The average Bonchev–Trinajstić information content (AvgIpc) is 3.43. The molecule has 1 spiro atoms. The predicted molar refractivity (Wildman–Crippen MR) is 136 cm³/mol. The summed E-state index contributed by atoms with van der Waals surface area (Å²) in [5, 5.41) is 9.14. The first-order chi connectivity index (χ1) is 16.5. The van der Waals surface area contributed by atoms with E-state index in [0.717, 1.165) is 59.2 Å². The van der Waals surface area contributed by atoms with Crippen molar-refractivity contribution in [3.05, 3.63) is 70.6 Å². The summed E-state index contributed by atoms with van der Waals surface area (Å²) in [5.74, 6) is 1.44. The largest absolute Gasteiger partial charge is 0.382 e. The fraction of sp³-hybridized carbons (Fsp3) is 0.320. The van der Waals surface area contributed by atoms with Gasteiger partial charge in [0.2, 0.25) is 0 Å². The van der Waals surface area contributed by atoms with E-state index in [0.29, 0.717) is 10.8 Å². The van der Waals surface area contributed by atoms with Crippen LogP contribution < -0.4 is 16.4 Å². The van der Waals surface area contributed by atoms with Gasteiger partial charge in [-0.2, -0.15) is 0 Å². The van der Waals surface area contributed by atoms with Crippen LogP contribution in [0.2, 0.25) is 5.02 Å². The third-order valence-corrected chi connectivity index (χ3v) is 9.25. The molecule has 4 heterocycles. The number of hydrogen-bond donors (Lipinski definition) is 2. The number of nitrogens with zero attached hydrogens (tertiary/aromatic N) is 5. The Hall–Kier alpha value is -2.81. The molecule has 1 atom stereocenters. The molecule has 6 rings (SSSR count). The molecule has 7 nitrogen and oxygen atoms in total. The summed E-state index contributed by atoms with van der Waals surface area (Å²) >= 11 is 7.95. The maximum absolute atomic E-state index is 6.78. The van der Waals surface area contributed by atoms with Gasteiger partial charge in [0.25, 0.3) is 0 Å². The molecule has 0 amide bonds. The lowest BCUT2D eigenvalue weighted by atomic mass is 9.73. The molecule has 1 aromatic carbocycles. The quantitative estimate of drug-likeness (QED) is 0.430. The molecule has 9 heteroatoms. The summed E-state index contributed by atoms with van der Waals surface area (Å²) in [7, 11) is 0. The number of aryl methyl sites for hydroxylation is 1. The number of rotatable bonds is 3. The molecule has 1 aliphatic heterocycles. The van der Waals surface area contributed by atoms with E-state index in [4.69, 9.17) is 23.1 Å². The number of piperidine rings is 1. The molecule has 174 valence electrons. The van der Waals surface area contributed by atoms with Crippen LogP contribution >= 0.6 is 23.4 Å². The predicted octanol–water partition coefficient (Wildman–Crippen LogP) is 4.66. The highest BCUT2D eigenvalue weighted by Crippen LogP contribution is 2.51. The molecule has 0 radical (unpaired) electrons. The topological polar surface area (TPSA) is 98.4 Å². The number of halogens is 1. The summed E-state index contributed by atoms with van der Waals surface area (Å²) in [6.45, 7) is 4.01. The minimum atomic E-state index is 0.110. The van der Waals surface area contributed by atoms with Crippen LogP contribution in [0.5, 0.6) is 0 Å². The Kier molecular flexibility index (Phi) is 5.20. The maximum atomic E-state index is 6.78. The third-order valence-electron chi connectivity index (χ3n) is 7.47. The number of aromatic nitrogens is 4. The Balaban J connectivity index is 1.29. The Labute approximate surface area is 207 Å². The van der Waals surface area contributed by atoms with Crippen LogP contribution in [0.15, 0.2) is 58.7 Å². The lowest BCUT2D eigenvalue weighted by Crippen LogP contribution is -2.44. The maximum Gasteiger partial charge on any atom is 0.176 e. The van der Waals surface area contributed by atoms with Gasteiger partial charge in [0.1, 0.15) is 18.0 Å². The van der Waals surface area contributed by atoms with Gasteiger partial charge in [-0.05, 0) is 60.4 Å². The molecule has 2 aliphatic rings.